The second-order valence-electron chi connectivity index (χ2n) is 7.91. The molecule has 1 unspecified atom stereocenters. The van der Waals surface area contributed by atoms with E-state index in [9.17, 15) is 19.8 Å². The van der Waals surface area contributed by atoms with Gasteiger partial charge >= 0.3 is 5.97 Å². The molecule has 0 fully saturated rings. The first-order valence-electron chi connectivity index (χ1n) is 10.8. The molecule has 2 N–H and O–H groups in total. The van der Waals surface area contributed by atoms with E-state index in [0.29, 0.717) is 35.7 Å². The first kappa shape index (κ1) is 24.7. The number of phenols is 1. The number of aromatic nitrogens is 1. The van der Waals surface area contributed by atoms with E-state index in [0.717, 1.165) is 5.56 Å². The maximum absolute atomic E-state index is 13.6. The molecule has 8 heteroatoms. The summed E-state index contributed by atoms with van der Waals surface area (Å²) < 4.78 is 17.1. The molecule has 1 atom stereocenters. The lowest BCUT2D eigenvalue weighted by molar-refractivity contribution is -0.140. The summed E-state index contributed by atoms with van der Waals surface area (Å²) in [7, 11) is 4.29. The minimum atomic E-state index is -0.764. The molecule has 3 rings (SSSR count). The number of ether oxygens (including phenoxy) is 3. The van der Waals surface area contributed by atoms with Crippen molar-refractivity contribution in [2.75, 3.05) is 21.3 Å². The summed E-state index contributed by atoms with van der Waals surface area (Å²) in [6.45, 7) is 2.10. The predicted molar refractivity (Wildman–Crippen MR) is 127 cm³/mol. The number of benzene rings is 2. The van der Waals surface area contributed by atoms with Crippen LogP contribution in [-0.4, -0.2) is 42.1 Å². The third-order valence-corrected chi connectivity index (χ3v) is 5.84. The lowest BCUT2D eigenvalue weighted by atomic mass is 9.88. The fourth-order valence-corrected chi connectivity index (χ4v) is 3.98. The highest BCUT2D eigenvalue weighted by Crippen LogP contribution is 2.37. The van der Waals surface area contributed by atoms with Crippen molar-refractivity contribution in [3.05, 3.63) is 81.3 Å². The van der Waals surface area contributed by atoms with Crippen LogP contribution < -0.4 is 15.0 Å². The van der Waals surface area contributed by atoms with Crippen LogP contribution in [-0.2, 0) is 22.5 Å². The number of hydrogen-bond donors (Lipinski definition) is 2. The smallest absolute Gasteiger partial charge is 0.306 e. The monoisotopic (exact) mass is 467 g/mol. The SMILES string of the molecule is COC(=O)CC(c1ccc(OC)c(OC)c1)c1c(O)cc(C)n(CCc2ccc(O)cc2)c1=O. The Labute approximate surface area is 198 Å². The van der Waals surface area contributed by atoms with Crippen molar-refractivity contribution in [2.45, 2.75) is 32.2 Å². The van der Waals surface area contributed by atoms with Crippen LogP contribution in [0.3, 0.4) is 0 Å². The molecule has 180 valence electrons. The van der Waals surface area contributed by atoms with Gasteiger partial charge in [-0.15, -0.1) is 0 Å². The van der Waals surface area contributed by atoms with Crippen molar-refractivity contribution < 1.29 is 29.2 Å². The van der Waals surface area contributed by atoms with Crippen LogP contribution in [0.2, 0.25) is 0 Å². The van der Waals surface area contributed by atoms with Crippen LogP contribution >= 0.6 is 0 Å². The highest BCUT2D eigenvalue weighted by molar-refractivity contribution is 5.71. The van der Waals surface area contributed by atoms with Gasteiger partial charge < -0.3 is 29.0 Å². The highest BCUT2D eigenvalue weighted by atomic mass is 16.5. The zero-order chi connectivity index (χ0) is 24.8. The summed E-state index contributed by atoms with van der Waals surface area (Å²) in [5.41, 5.74) is 1.86. The molecular weight excluding hydrogens is 438 g/mol. The topological polar surface area (TPSA) is 107 Å². The second-order valence-corrected chi connectivity index (χ2v) is 7.91. The van der Waals surface area contributed by atoms with E-state index in [-0.39, 0.29) is 29.0 Å². The fraction of sp³-hybridized carbons (Fsp3) is 0.308. The molecule has 0 aliphatic carbocycles. The van der Waals surface area contributed by atoms with Crippen LogP contribution in [0, 0.1) is 6.92 Å². The number of pyridine rings is 1. The summed E-state index contributed by atoms with van der Waals surface area (Å²) in [5.74, 6) is -0.358. The molecule has 34 heavy (non-hydrogen) atoms. The molecule has 0 aliphatic rings. The first-order valence-corrected chi connectivity index (χ1v) is 10.8. The van der Waals surface area contributed by atoms with Gasteiger partial charge in [0, 0.05) is 18.2 Å². The number of phenolic OH excluding ortho intramolecular Hbond substituents is 1. The van der Waals surface area contributed by atoms with E-state index in [4.69, 9.17) is 14.2 Å². The maximum Gasteiger partial charge on any atom is 0.306 e. The molecule has 3 aromatic rings. The molecule has 1 heterocycles. The van der Waals surface area contributed by atoms with E-state index < -0.39 is 11.9 Å². The molecular formula is C26H29NO7. The Kier molecular flexibility index (Phi) is 7.83. The standard InChI is InChI=1S/C26H29NO7/c1-16-13-21(29)25(26(31)27(16)12-11-17-5-8-19(28)9-6-17)20(15-24(30)34-4)18-7-10-22(32-2)23(14-18)33-3/h5-10,13-14,20,28-29H,11-12,15H2,1-4H3. The lowest BCUT2D eigenvalue weighted by Crippen LogP contribution is -2.29. The highest BCUT2D eigenvalue weighted by Gasteiger charge is 2.27. The lowest BCUT2D eigenvalue weighted by Gasteiger charge is -2.21. The van der Waals surface area contributed by atoms with Gasteiger partial charge in [0.2, 0.25) is 0 Å². The van der Waals surface area contributed by atoms with Crippen LogP contribution in [0.1, 0.15) is 34.7 Å². The Morgan fingerprint density at radius 3 is 2.26 bits per heavy atom. The van der Waals surface area contributed by atoms with E-state index in [1.54, 1.807) is 54.0 Å². The molecule has 0 bridgehead atoms. The third-order valence-electron chi connectivity index (χ3n) is 5.84. The summed E-state index contributed by atoms with van der Waals surface area (Å²) in [6.07, 6.45) is 0.402. The van der Waals surface area contributed by atoms with Crippen molar-refractivity contribution in [1.82, 2.24) is 4.57 Å². The van der Waals surface area contributed by atoms with Gasteiger partial charge in [0.05, 0.1) is 33.3 Å². The number of aryl methyl sites for hydroxylation is 2. The predicted octanol–water partition coefficient (Wildman–Crippen LogP) is 3.52. The Morgan fingerprint density at radius 2 is 1.65 bits per heavy atom. The van der Waals surface area contributed by atoms with Gasteiger partial charge in [-0.2, -0.15) is 0 Å². The van der Waals surface area contributed by atoms with E-state index in [1.807, 2.05) is 0 Å². The van der Waals surface area contributed by atoms with Gasteiger partial charge in [0.1, 0.15) is 11.5 Å². The molecule has 0 aliphatic heterocycles. The van der Waals surface area contributed by atoms with Crippen molar-refractivity contribution in [2.24, 2.45) is 0 Å². The normalized spacial score (nSPS) is 11.6. The molecule has 1 aromatic heterocycles. The number of carbonyl (C=O) groups is 1. The van der Waals surface area contributed by atoms with Gasteiger partial charge in [-0.1, -0.05) is 18.2 Å². The van der Waals surface area contributed by atoms with E-state index >= 15 is 0 Å². The van der Waals surface area contributed by atoms with Gasteiger partial charge in [-0.05, 0) is 54.8 Å². The van der Waals surface area contributed by atoms with Crippen LogP contribution in [0.5, 0.6) is 23.0 Å². The number of rotatable bonds is 9. The van der Waals surface area contributed by atoms with Gasteiger partial charge in [0.25, 0.3) is 5.56 Å². The summed E-state index contributed by atoms with van der Waals surface area (Å²) in [6, 6.07) is 13.4. The molecule has 0 radical (unpaired) electrons. The summed E-state index contributed by atoms with van der Waals surface area (Å²) in [4.78, 5) is 25.9. The van der Waals surface area contributed by atoms with Crippen molar-refractivity contribution in [1.29, 1.82) is 0 Å². The van der Waals surface area contributed by atoms with E-state index in [1.165, 1.54) is 27.4 Å². The minimum absolute atomic E-state index is 0.105. The minimum Gasteiger partial charge on any atom is -0.508 e. The van der Waals surface area contributed by atoms with Crippen molar-refractivity contribution in [3.8, 4) is 23.0 Å². The molecule has 0 spiro atoms. The number of carbonyl (C=O) groups excluding carboxylic acids is 1. The van der Waals surface area contributed by atoms with Crippen LogP contribution in [0.4, 0.5) is 0 Å². The second kappa shape index (κ2) is 10.8. The molecule has 0 amide bonds. The van der Waals surface area contributed by atoms with Gasteiger partial charge in [0.15, 0.2) is 11.5 Å². The largest absolute Gasteiger partial charge is 0.508 e. The van der Waals surface area contributed by atoms with Gasteiger partial charge in [-0.25, -0.2) is 0 Å². The number of esters is 1. The first-order chi connectivity index (χ1) is 16.3. The Morgan fingerprint density at radius 1 is 0.971 bits per heavy atom. The maximum atomic E-state index is 13.6. The zero-order valence-electron chi connectivity index (χ0n) is 19.7. The van der Waals surface area contributed by atoms with Crippen molar-refractivity contribution in [3.63, 3.8) is 0 Å². The summed E-state index contributed by atoms with van der Waals surface area (Å²) >= 11 is 0. The van der Waals surface area contributed by atoms with Crippen LogP contribution in [0.15, 0.2) is 53.3 Å². The molecule has 0 saturated heterocycles. The fourth-order valence-electron chi connectivity index (χ4n) is 3.98. The zero-order valence-corrected chi connectivity index (χ0v) is 19.7. The molecule has 0 saturated carbocycles. The quantitative estimate of drug-likeness (QED) is 0.464. The number of methoxy groups -OCH3 is 3. The number of aromatic hydroxyl groups is 2. The van der Waals surface area contributed by atoms with Crippen molar-refractivity contribution >= 4 is 5.97 Å². The third kappa shape index (κ3) is 5.33. The Hall–Kier alpha value is -3.94. The average molecular weight is 468 g/mol. The average Bonchev–Trinajstić information content (AvgIpc) is 2.83. The molecule has 8 nitrogen and oxygen atoms in total. The number of nitrogens with zero attached hydrogens (tertiary/aromatic N) is 1. The van der Waals surface area contributed by atoms with Gasteiger partial charge in [-0.3, -0.25) is 9.59 Å². The summed E-state index contributed by atoms with van der Waals surface area (Å²) in [5, 5.41) is 20.3. The Bertz CT molecular complexity index is 1220. The Balaban J connectivity index is 2.08. The molecule has 2 aromatic carbocycles. The van der Waals surface area contributed by atoms with E-state index in [2.05, 4.69) is 0 Å². The number of hydrogen-bond acceptors (Lipinski definition) is 7. The van der Waals surface area contributed by atoms with Crippen LogP contribution in [0.25, 0.3) is 0 Å².